The standard InChI is InChI=1S/C15H19Cl.ClH/c1-10-9-12-11(5-3-7-14(12)16)13-6-4-8-15(10,13)2;/h3,5,7,10,13H,4,6,8-9H2,1-2H3;1H/t10-,13-,15+;/m0./s1. The van der Waals surface area contributed by atoms with Crippen molar-refractivity contribution in [2.75, 3.05) is 0 Å². The monoisotopic (exact) mass is 270 g/mol. The molecule has 0 amide bonds. The van der Waals surface area contributed by atoms with Gasteiger partial charge in [0.1, 0.15) is 0 Å². The number of hydrogen-bond donors (Lipinski definition) is 0. The molecule has 0 radical (unpaired) electrons. The van der Waals surface area contributed by atoms with Gasteiger partial charge in [0.15, 0.2) is 0 Å². The summed E-state index contributed by atoms with van der Waals surface area (Å²) >= 11 is 6.34. The summed E-state index contributed by atoms with van der Waals surface area (Å²) in [6.45, 7) is 4.89. The van der Waals surface area contributed by atoms with Crippen molar-refractivity contribution in [3.8, 4) is 0 Å². The van der Waals surface area contributed by atoms with Crippen molar-refractivity contribution in [3.63, 3.8) is 0 Å². The van der Waals surface area contributed by atoms with E-state index in [4.69, 9.17) is 11.6 Å². The molecule has 0 nitrogen and oxygen atoms in total. The van der Waals surface area contributed by atoms with Crippen molar-refractivity contribution in [1.82, 2.24) is 0 Å². The van der Waals surface area contributed by atoms with Crippen LogP contribution in [0.25, 0.3) is 0 Å². The lowest BCUT2D eigenvalue weighted by molar-refractivity contribution is 0.164. The van der Waals surface area contributed by atoms with Crippen molar-refractivity contribution in [1.29, 1.82) is 0 Å². The average molecular weight is 271 g/mol. The molecule has 2 heteroatoms. The van der Waals surface area contributed by atoms with Gasteiger partial charge in [-0.15, -0.1) is 12.4 Å². The molecule has 2 aliphatic rings. The fourth-order valence-electron chi connectivity index (χ4n) is 3.95. The zero-order valence-corrected chi connectivity index (χ0v) is 12.1. The Morgan fingerprint density at radius 1 is 1.35 bits per heavy atom. The summed E-state index contributed by atoms with van der Waals surface area (Å²) in [5.74, 6) is 1.53. The van der Waals surface area contributed by atoms with Gasteiger partial charge in [-0.25, -0.2) is 0 Å². The fourth-order valence-corrected chi connectivity index (χ4v) is 4.21. The number of halogens is 2. The number of benzene rings is 1. The van der Waals surface area contributed by atoms with Gasteiger partial charge in [0.2, 0.25) is 0 Å². The van der Waals surface area contributed by atoms with E-state index in [1.165, 1.54) is 31.2 Å². The molecule has 1 aromatic rings. The molecular formula is C15H20Cl2. The van der Waals surface area contributed by atoms with E-state index >= 15 is 0 Å². The van der Waals surface area contributed by atoms with Gasteiger partial charge in [-0.05, 0) is 53.7 Å². The van der Waals surface area contributed by atoms with Gasteiger partial charge >= 0.3 is 0 Å². The third-order valence-corrected chi connectivity index (χ3v) is 5.53. The molecule has 0 unspecified atom stereocenters. The Balaban J connectivity index is 0.00000108. The first-order valence-electron chi connectivity index (χ1n) is 6.40. The zero-order chi connectivity index (χ0) is 11.3. The summed E-state index contributed by atoms with van der Waals surface area (Å²) in [6, 6.07) is 6.47. The second kappa shape index (κ2) is 4.48. The molecular weight excluding hydrogens is 251 g/mol. The van der Waals surface area contributed by atoms with Gasteiger partial charge in [0, 0.05) is 5.02 Å². The zero-order valence-electron chi connectivity index (χ0n) is 10.5. The van der Waals surface area contributed by atoms with E-state index in [1.54, 1.807) is 5.56 Å². The largest absolute Gasteiger partial charge is 0.147 e. The van der Waals surface area contributed by atoms with Crippen molar-refractivity contribution in [2.24, 2.45) is 11.3 Å². The first kappa shape index (κ1) is 13.2. The number of hydrogen-bond acceptors (Lipinski definition) is 0. The lowest BCUT2D eigenvalue weighted by Gasteiger charge is -2.43. The van der Waals surface area contributed by atoms with Crippen LogP contribution in [0.4, 0.5) is 0 Å². The van der Waals surface area contributed by atoms with Crippen LogP contribution in [0.3, 0.4) is 0 Å². The van der Waals surface area contributed by atoms with E-state index in [-0.39, 0.29) is 12.4 Å². The lowest BCUT2D eigenvalue weighted by atomic mass is 9.61. The molecule has 94 valence electrons. The molecule has 0 aromatic heterocycles. The Bertz CT molecular complexity index is 427. The summed E-state index contributed by atoms with van der Waals surface area (Å²) in [5, 5.41) is 0.985. The molecule has 0 heterocycles. The summed E-state index contributed by atoms with van der Waals surface area (Å²) in [4.78, 5) is 0. The molecule has 17 heavy (non-hydrogen) atoms. The minimum atomic E-state index is 0. The van der Waals surface area contributed by atoms with Crippen LogP contribution in [-0.2, 0) is 6.42 Å². The third kappa shape index (κ3) is 1.81. The van der Waals surface area contributed by atoms with Crippen LogP contribution in [0.1, 0.15) is 50.2 Å². The molecule has 1 aromatic carbocycles. The third-order valence-electron chi connectivity index (χ3n) is 5.17. The molecule has 0 bridgehead atoms. The topological polar surface area (TPSA) is 0 Å². The highest BCUT2D eigenvalue weighted by atomic mass is 35.5. The van der Waals surface area contributed by atoms with Crippen molar-refractivity contribution in [3.05, 3.63) is 34.3 Å². The molecule has 0 N–H and O–H groups in total. The molecule has 0 aliphatic heterocycles. The highest BCUT2D eigenvalue weighted by molar-refractivity contribution is 6.31. The Morgan fingerprint density at radius 3 is 2.88 bits per heavy atom. The molecule has 3 rings (SSSR count). The summed E-state index contributed by atoms with van der Waals surface area (Å²) in [5.41, 5.74) is 3.50. The van der Waals surface area contributed by atoms with Gasteiger partial charge in [-0.2, -0.15) is 0 Å². The quantitative estimate of drug-likeness (QED) is 0.606. The van der Waals surface area contributed by atoms with Crippen LogP contribution in [0, 0.1) is 11.3 Å². The van der Waals surface area contributed by atoms with E-state index in [0.717, 1.165) is 16.9 Å². The lowest BCUT2D eigenvalue weighted by Crippen LogP contribution is -2.34. The first-order chi connectivity index (χ1) is 7.63. The maximum absolute atomic E-state index is 6.34. The first-order valence-corrected chi connectivity index (χ1v) is 6.78. The van der Waals surface area contributed by atoms with Crippen LogP contribution in [-0.4, -0.2) is 0 Å². The van der Waals surface area contributed by atoms with Crippen LogP contribution in [0.5, 0.6) is 0 Å². The van der Waals surface area contributed by atoms with Crippen molar-refractivity contribution < 1.29 is 0 Å². The summed E-state index contributed by atoms with van der Waals surface area (Å²) in [6.07, 6.45) is 5.30. The van der Waals surface area contributed by atoms with E-state index in [2.05, 4.69) is 26.0 Å². The molecule has 1 saturated carbocycles. The van der Waals surface area contributed by atoms with Crippen molar-refractivity contribution >= 4 is 24.0 Å². The van der Waals surface area contributed by atoms with Crippen molar-refractivity contribution in [2.45, 2.75) is 45.4 Å². The minimum absolute atomic E-state index is 0. The predicted molar refractivity (Wildman–Crippen MR) is 76.3 cm³/mol. The van der Waals surface area contributed by atoms with Gasteiger partial charge in [0.25, 0.3) is 0 Å². The smallest absolute Gasteiger partial charge is 0.0440 e. The maximum Gasteiger partial charge on any atom is 0.0440 e. The normalized spacial score (nSPS) is 34.8. The molecule has 2 aliphatic carbocycles. The van der Waals surface area contributed by atoms with Gasteiger partial charge in [-0.1, -0.05) is 44.0 Å². The second-order valence-electron chi connectivity index (χ2n) is 5.86. The van der Waals surface area contributed by atoms with E-state index in [9.17, 15) is 0 Å². The second-order valence-corrected chi connectivity index (χ2v) is 6.27. The van der Waals surface area contributed by atoms with Gasteiger partial charge in [-0.3, -0.25) is 0 Å². The highest BCUT2D eigenvalue weighted by Gasteiger charge is 2.47. The van der Waals surface area contributed by atoms with Crippen LogP contribution < -0.4 is 0 Å². The summed E-state index contributed by atoms with van der Waals surface area (Å²) in [7, 11) is 0. The minimum Gasteiger partial charge on any atom is -0.147 e. The molecule has 3 atom stereocenters. The fraction of sp³-hybridized carbons (Fsp3) is 0.600. The SMILES string of the molecule is C[C@H]1Cc2c(Cl)cccc2[C@@H]2CCC[C@]12C.Cl. The summed E-state index contributed by atoms with van der Waals surface area (Å²) < 4.78 is 0. The molecule has 0 saturated heterocycles. The van der Waals surface area contributed by atoms with Gasteiger partial charge in [0.05, 0.1) is 0 Å². The van der Waals surface area contributed by atoms with E-state index < -0.39 is 0 Å². The maximum atomic E-state index is 6.34. The van der Waals surface area contributed by atoms with E-state index in [1.807, 2.05) is 6.07 Å². The Morgan fingerprint density at radius 2 is 2.12 bits per heavy atom. The van der Waals surface area contributed by atoms with Crippen LogP contribution in [0.15, 0.2) is 18.2 Å². The van der Waals surface area contributed by atoms with Gasteiger partial charge < -0.3 is 0 Å². The Kier molecular flexibility index (Phi) is 3.49. The molecule has 1 fully saturated rings. The number of rotatable bonds is 0. The molecule has 0 spiro atoms. The number of fused-ring (bicyclic) bond motifs is 3. The predicted octanol–water partition coefficient (Wildman–Crippen LogP) is 5.23. The van der Waals surface area contributed by atoms with Crippen LogP contribution >= 0.6 is 24.0 Å². The Labute approximate surface area is 115 Å². The average Bonchev–Trinajstić information content (AvgIpc) is 2.64. The highest BCUT2D eigenvalue weighted by Crippen LogP contribution is 2.58. The van der Waals surface area contributed by atoms with Crippen LogP contribution in [0.2, 0.25) is 5.02 Å². The Hall–Kier alpha value is -0.200. The van der Waals surface area contributed by atoms with E-state index in [0.29, 0.717) is 5.41 Å².